The number of H-pyrrole nitrogens is 1. The Labute approximate surface area is 217 Å². The number of allylic oxidation sites excluding steroid dienone is 5. The molecule has 3 heterocycles. The highest BCUT2D eigenvalue weighted by molar-refractivity contribution is 7.22. The Balaban J connectivity index is 1.06. The molecule has 0 bridgehead atoms. The molecule has 1 amide bonds. The van der Waals surface area contributed by atoms with Gasteiger partial charge in [-0.2, -0.15) is 0 Å². The predicted molar refractivity (Wildman–Crippen MR) is 146 cm³/mol. The first kappa shape index (κ1) is 25.4. The number of rotatable bonds is 10. The number of benzene rings is 1. The number of fused-ring (bicyclic) bond motifs is 1. The van der Waals surface area contributed by atoms with Crippen LogP contribution in [0.1, 0.15) is 53.5 Å². The minimum atomic E-state index is -0.243. The molecule has 0 spiro atoms. The van der Waals surface area contributed by atoms with Crippen molar-refractivity contribution in [1.82, 2.24) is 30.9 Å². The van der Waals surface area contributed by atoms with Crippen molar-refractivity contribution in [2.45, 2.75) is 38.5 Å². The maximum absolute atomic E-state index is 14.2. The van der Waals surface area contributed by atoms with E-state index >= 15 is 0 Å². The number of aromatic amines is 1. The number of nitrogens with zero attached hydrogens (tertiary/aromatic N) is 2. The van der Waals surface area contributed by atoms with Crippen molar-refractivity contribution in [1.29, 1.82) is 0 Å². The van der Waals surface area contributed by atoms with Crippen LogP contribution in [0.5, 0.6) is 0 Å². The van der Waals surface area contributed by atoms with Crippen LogP contribution in [0.25, 0.3) is 16.6 Å². The lowest BCUT2D eigenvalue weighted by Crippen LogP contribution is -2.33. The summed E-state index contributed by atoms with van der Waals surface area (Å²) in [5.41, 5.74) is 4.64. The Hall–Kier alpha value is -3.29. The average molecular weight is 523 g/mol. The molecule has 10 heteroatoms. The lowest BCUT2D eigenvalue weighted by Gasteiger charge is -2.19. The molecule has 2 aromatic heterocycles. The fourth-order valence-electron chi connectivity index (χ4n) is 4.51. The third-order valence-electron chi connectivity index (χ3n) is 6.56. The second kappa shape index (κ2) is 11.8. The zero-order valence-corrected chi connectivity index (χ0v) is 21.9. The maximum atomic E-state index is 14.2. The van der Waals surface area contributed by atoms with Crippen LogP contribution < -0.4 is 16.0 Å². The zero-order valence-electron chi connectivity index (χ0n) is 20.7. The van der Waals surface area contributed by atoms with Gasteiger partial charge in [-0.25, -0.2) is 14.4 Å². The molecule has 1 aliphatic heterocycles. The Morgan fingerprint density at radius 3 is 2.95 bits per heavy atom. The van der Waals surface area contributed by atoms with Gasteiger partial charge in [-0.1, -0.05) is 18.2 Å². The molecule has 3 aromatic rings. The highest BCUT2D eigenvalue weighted by Gasteiger charge is 2.15. The van der Waals surface area contributed by atoms with Crippen LogP contribution in [0.4, 0.5) is 4.39 Å². The number of imidazole rings is 1. The van der Waals surface area contributed by atoms with E-state index in [9.17, 15) is 9.18 Å². The molecule has 194 valence electrons. The molecule has 1 unspecified atom stereocenters. The Morgan fingerprint density at radius 2 is 2.08 bits per heavy atom. The molecule has 4 N–H and O–H groups in total. The molecule has 5 rings (SSSR count). The van der Waals surface area contributed by atoms with Crippen molar-refractivity contribution in [3.63, 3.8) is 0 Å². The van der Waals surface area contributed by atoms with Gasteiger partial charge in [0, 0.05) is 50.2 Å². The van der Waals surface area contributed by atoms with Crippen LogP contribution in [0.3, 0.4) is 0 Å². The largest absolute Gasteiger partial charge is 0.448 e. The van der Waals surface area contributed by atoms with Crippen molar-refractivity contribution >= 4 is 31.8 Å². The lowest BCUT2D eigenvalue weighted by atomic mass is 9.98. The highest BCUT2D eigenvalue weighted by atomic mass is 31.0. The summed E-state index contributed by atoms with van der Waals surface area (Å²) in [4.78, 5) is 24.7. The van der Waals surface area contributed by atoms with Gasteiger partial charge in [0.2, 0.25) is 0 Å². The molecule has 37 heavy (non-hydrogen) atoms. The molecule has 1 atom stereocenters. The SMILES string of the molecule is O=C(NCC1=C(P)CCCN1)c1coc(CCNCCc2nc3ccc(C4=C(F)CCC=C4)cc3[nH]2)n1. The van der Waals surface area contributed by atoms with Crippen molar-refractivity contribution in [2.75, 3.05) is 26.2 Å². The minimum Gasteiger partial charge on any atom is -0.448 e. The number of nitrogens with one attached hydrogen (secondary N) is 4. The summed E-state index contributed by atoms with van der Waals surface area (Å²) in [6, 6.07) is 5.81. The average Bonchev–Trinajstić information content (AvgIpc) is 3.54. The summed E-state index contributed by atoms with van der Waals surface area (Å²) in [6.07, 6.45) is 9.92. The van der Waals surface area contributed by atoms with Crippen molar-refractivity contribution < 1.29 is 13.6 Å². The second-order valence-corrected chi connectivity index (χ2v) is 9.97. The van der Waals surface area contributed by atoms with Crippen LogP contribution in [0, 0.1) is 0 Å². The van der Waals surface area contributed by atoms with E-state index in [-0.39, 0.29) is 17.4 Å². The van der Waals surface area contributed by atoms with E-state index in [2.05, 4.69) is 40.1 Å². The number of halogens is 1. The van der Waals surface area contributed by atoms with Gasteiger partial charge in [0.1, 0.15) is 17.9 Å². The molecule has 1 aromatic carbocycles. The van der Waals surface area contributed by atoms with Gasteiger partial charge in [0.25, 0.3) is 5.91 Å². The van der Waals surface area contributed by atoms with Gasteiger partial charge in [0.15, 0.2) is 11.6 Å². The highest BCUT2D eigenvalue weighted by Crippen LogP contribution is 2.29. The van der Waals surface area contributed by atoms with Gasteiger partial charge in [-0.3, -0.25) is 4.79 Å². The van der Waals surface area contributed by atoms with E-state index in [1.807, 2.05) is 30.4 Å². The first-order valence-electron chi connectivity index (χ1n) is 12.8. The van der Waals surface area contributed by atoms with E-state index in [1.54, 1.807) is 0 Å². The van der Waals surface area contributed by atoms with Gasteiger partial charge < -0.3 is 25.4 Å². The summed E-state index contributed by atoms with van der Waals surface area (Å²) in [7, 11) is 2.74. The molecular formula is C27H32FN6O2P. The van der Waals surface area contributed by atoms with Crippen molar-refractivity contribution in [3.05, 3.63) is 76.4 Å². The number of aromatic nitrogens is 3. The summed E-state index contributed by atoms with van der Waals surface area (Å²) >= 11 is 0. The molecule has 1 aliphatic carbocycles. The predicted octanol–water partition coefficient (Wildman–Crippen LogP) is 4.16. The zero-order chi connectivity index (χ0) is 25.6. The molecule has 8 nitrogen and oxygen atoms in total. The summed E-state index contributed by atoms with van der Waals surface area (Å²) in [5.74, 6) is 1.09. The Kier molecular flexibility index (Phi) is 8.12. The number of hydrogen-bond acceptors (Lipinski definition) is 6. The number of carbonyl (C=O) groups excluding carboxylic acids is 1. The number of oxazole rings is 1. The van der Waals surface area contributed by atoms with Crippen molar-refractivity contribution in [3.8, 4) is 0 Å². The monoisotopic (exact) mass is 522 g/mol. The van der Waals surface area contributed by atoms with Crippen LogP contribution in [0.2, 0.25) is 0 Å². The third-order valence-corrected chi connectivity index (χ3v) is 7.20. The lowest BCUT2D eigenvalue weighted by molar-refractivity contribution is 0.0951. The van der Waals surface area contributed by atoms with E-state index < -0.39 is 0 Å². The van der Waals surface area contributed by atoms with Crippen LogP contribution in [-0.2, 0) is 12.8 Å². The standard InChI is InChI=1S/C27H32FN6O2P/c28-19-5-2-1-4-18(19)17-7-8-20-21(14-17)33-25(32-20)9-12-29-13-10-26-34-23(16-36-26)27(35)31-15-22-24(37)6-3-11-30-22/h1,4,7-8,14,16,29-30H,2-3,5-6,9-13,15,37H2,(H,31,35)(H,32,33). The first-order chi connectivity index (χ1) is 18.1. The van der Waals surface area contributed by atoms with Gasteiger partial charge in [0.05, 0.1) is 17.6 Å². The van der Waals surface area contributed by atoms with Crippen LogP contribution in [-0.4, -0.2) is 47.0 Å². The van der Waals surface area contributed by atoms with E-state index in [1.165, 1.54) is 11.6 Å². The van der Waals surface area contributed by atoms with Gasteiger partial charge in [-0.05, 0) is 42.3 Å². The summed E-state index contributed by atoms with van der Waals surface area (Å²) in [6.45, 7) is 2.77. The fraction of sp³-hybridized carbons (Fsp3) is 0.370. The Morgan fingerprint density at radius 1 is 1.19 bits per heavy atom. The molecule has 0 saturated carbocycles. The van der Waals surface area contributed by atoms with E-state index in [4.69, 9.17) is 4.42 Å². The molecule has 0 saturated heterocycles. The quantitative estimate of drug-likeness (QED) is 0.235. The van der Waals surface area contributed by atoms with E-state index in [0.29, 0.717) is 37.4 Å². The summed E-state index contributed by atoms with van der Waals surface area (Å²) in [5, 5.41) is 10.8. The molecule has 2 aliphatic rings. The third kappa shape index (κ3) is 6.35. The fourth-order valence-corrected chi connectivity index (χ4v) is 4.92. The number of amides is 1. The topological polar surface area (TPSA) is 108 Å². The Bertz CT molecular complexity index is 1370. The van der Waals surface area contributed by atoms with Crippen molar-refractivity contribution in [2.24, 2.45) is 0 Å². The first-order valence-corrected chi connectivity index (χ1v) is 13.3. The summed E-state index contributed by atoms with van der Waals surface area (Å²) < 4.78 is 19.7. The molecular weight excluding hydrogens is 490 g/mol. The smallest absolute Gasteiger partial charge is 0.273 e. The minimum absolute atomic E-state index is 0.0618. The van der Waals surface area contributed by atoms with Gasteiger partial charge >= 0.3 is 0 Å². The maximum Gasteiger partial charge on any atom is 0.273 e. The number of hydrogen-bond donors (Lipinski definition) is 4. The second-order valence-electron chi connectivity index (χ2n) is 9.27. The molecule has 0 radical (unpaired) electrons. The van der Waals surface area contributed by atoms with E-state index in [0.717, 1.165) is 66.9 Å². The molecule has 0 fully saturated rings. The van der Waals surface area contributed by atoms with Crippen LogP contribution >= 0.6 is 9.24 Å². The van der Waals surface area contributed by atoms with Crippen LogP contribution in [0.15, 0.2) is 57.9 Å². The van der Waals surface area contributed by atoms with Gasteiger partial charge in [-0.15, -0.1) is 9.24 Å². The normalized spacial score (nSPS) is 15.9. The number of carbonyl (C=O) groups is 1.